The number of rotatable bonds is 47. The lowest BCUT2D eigenvalue weighted by molar-refractivity contribution is -0.167. The van der Waals surface area contributed by atoms with Crippen molar-refractivity contribution in [3.8, 4) is 0 Å². The van der Waals surface area contributed by atoms with Crippen molar-refractivity contribution < 1.29 is 28.6 Å². The average Bonchev–Trinajstić information content (AvgIpc) is 3.30. The van der Waals surface area contributed by atoms with Crippen LogP contribution in [-0.2, 0) is 28.6 Å². The van der Waals surface area contributed by atoms with Crippen LogP contribution in [0.15, 0.2) is 97.2 Å². The van der Waals surface area contributed by atoms with Crippen molar-refractivity contribution in [2.45, 2.75) is 245 Å². The first-order valence-corrected chi connectivity index (χ1v) is 26.7. The molecule has 0 aliphatic carbocycles. The minimum absolute atomic E-state index is 0.101. The van der Waals surface area contributed by atoms with E-state index in [4.69, 9.17) is 14.2 Å². The van der Waals surface area contributed by atoms with Crippen LogP contribution in [0, 0.1) is 0 Å². The molecule has 0 fully saturated rings. The molecule has 370 valence electrons. The number of unbranched alkanes of at least 4 members (excludes halogenated alkanes) is 20. The molecule has 0 aromatic carbocycles. The van der Waals surface area contributed by atoms with Gasteiger partial charge in [0, 0.05) is 19.3 Å². The Bertz CT molecular complexity index is 1310. The van der Waals surface area contributed by atoms with E-state index in [2.05, 4.69) is 118 Å². The maximum Gasteiger partial charge on any atom is 0.306 e. The number of esters is 3. The van der Waals surface area contributed by atoms with E-state index in [-0.39, 0.29) is 31.1 Å². The van der Waals surface area contributed by atoms with Crippen LogP contribution in [0.5, 0.6) is 0 Å². The average molecular weight is 903 g/mol. The molecule has 0 radical (unpaired) electrons. The predicted molar refractivity (Wildman–Crippen MR) is 279 cm³/mol. The largest absolute Gasteiger partial charge is 0.462 e. The highest BCUT2D eigenvalue weighted by Gasteiger charge is 2.19. The van der Waals surface area contributed by atoms with Crippen LogP contribution in [0.1, 0.15) is 239 Å². The smallest absolute Gasteiger partial charge is 0.306 e. The SMILES string of the molecule is CC/C=C\C/C=C\C/C=C\C/C=C\CCCCCCCCC(=O)OCC(COC(=O)CCCC/C=C\C/C=C\C/C=C\CC)OC(=O)CCCCCCC/C=C\CCCCCCCCC. The zero-order valence-electron chi connectivity index (χ0n) is 42.2. The highest BCUT2D eigenvalue weighted by atomic mass is 16.6. The van der Waals surface area contributed by atoms with Crippen molar-refractivity contribution >= 4 is 17.9 Å². The van der Waals surface area contributed by atoms with Crippen molar-refractivity contribution in [3.63, 3.8) is 0 Å². The molecule has 0 amide bonds. The second-order valence-corrected chi connectivity index (χ2v) is 17.4. The van der Waals surface area contributed by atoms with Gasteiger partial charge in [0.2, 0.25) is 0 Å². The maximum atomic E-state index is 12.8. The van der Waals surface area contributed by atoms with Gasteiger partial charge in [-0.25, -0.2) is 0 Å². The Labute approximate surface area is 400 Å². The third kappa shape index (κ3) is 51.2. The Hall–Kier alpha value is -3.67. The molecule has 0 aliphatic rings. The van der Waals surface area contributed by atoms with Gasteiger partial charge in [-0.05, 0) is 116 Å². The summed E-state index contributed by atoms with van der Waals surface area (Å²) in [4.78, 5) is 38.0. The Morgan fingerprint density at radius 2 is 0.600 bits per heavy atom. The standard InChI is InChI=1S/C59H98O6/c1-4-7-10-13-16-19-22-25-27-29-30-31-33-34-37-40-43-46-49-52-58(61)64-55-56(54-63-57(60)51-48-45-42-39-36-24-21-18-15-12-9-6-3)65-59(62)53-50-47-44-41-38-35-32-28-26-23-20-17-14-11-8-5-2/h7,9-10,12,16,18-19,21,25,27-28,30-32,36,39,56H,4-6,8,11,13-15,17,20,22-24,26,29,33-35,37-38,40-55H2,1-3H3/b10-7-,12-9-,19-16-,21-18-,27-25-,31-30-,32-28-,39-36-. The summed E-state index contributed by atoms with van der Waals surface area (Å²) in [5, 5.41) is 0. The molecular formula is C59H98O6. The first-order chi connectivity index (χ1) is 32.0. The van der Waals surface area contributed by atoms with Crippen LogP contribution in [-0.4, -0.2) is 37.2 Å². The molecule has 0 spiro atoms. The van der Waals surface area contributed by atoms with Crippen molar-refractivity contribution in [2.75, 3.05) is 13.2 Å². The molecule has 0 aliphatic heterocycles. The quantitative estimate of drug-likeness (QED) is 0.0262. The maximum absolute atomic E-state index is 12.8. The molecular weight excluding hydrogens is 805 g/mol. The molecule has 0 aromatic heterocycles. The number of hydrogen-bond donors (Lipinski definition) is 0. The van der Waals surface area contributed by atoms with Crippen LogP contribution in [0.25, 0.3) is 0 Å². The number of ether oxygens (including phenoxy) is 3. The van der Waals surface area contributed by atoms with Gasteiger partial charge in [-0.1, -0.05) is 201 Å². The number of carbonyl (C=O) groups is 3. The van der Waals surface area contributed by atoms with Crippen molar-refractivity contribution in [3.05, 3.63) is 97.2 Å². The molecule has 0 saturated heterocycles. The Balaban J connectivity index is 4.44. The summed E-state index contributed by atoms with van der Waals surface area (Å²) in [5.41, 5.74) is 0. The van der Waals surface area contributed by atoms with Gasteiger partial charge < -0.3 is 14.2 Å². The molecule has 0 heterocycles. The molecule has 0 bridgehead atoms. The van der Waals surface area contributed by atoms with Crippen molar-refractivity contribution in [1.29, 1.82) is 0 Å². The molecule has 6 nitrogen and oxygen atoms in total. The van der Waals surface area contributed by atoms with E-state index >= 15 is 0 Å². The second-order valence-electron chi connectivity index (χ2n) is 17.4. The monoisotopic (exact) mass is 903 g/mol. The van der Waals surface area contributed by atoms with E-state index < -0.39 is 6.10 Å². The van der Waals surface area contributed by atoms with Crippen LogP contribution in [0.2, 0.25) is 0 Å². The summed E-state index contributed by atoms with van der Waals surface area (Å²) in [7, 11) is 0. The number of hydrogen-bond acceptors (Lipinski definition) is 6. The van der Waals surface area contributed by atoms with Crippen molar-refractivity contribution in [1.82, 2.24) is 0 Å². The van der Waals surface area contributed by atoms with E-state index in [1.807, 2.05) is 0 Å². The lowest BCUT2D eigenvalue weighted by Crippen LogP contribution is -2.30. The zero-order valence-corrected chi connectivity index (χ0v) is 42.2. The number of carbonyl (C=O) groups excluding carboxylic acids is 3. The third-order valence-corrected chi connectivity index (χ3v) is 11.1. The number of allylic oxidation sites excluding steroid dienone is 16. The summed E-state index contributed by atoms with van der Waals surface area (Å²) in [5.74, 6) is -0.965. The fraction of sp³-hybridized carbons (Fsp3) is 0.678. The van der Waals surface area contributed by atoms with Crippen LogP contribution < -0.4 is 0 Å². The topological polar surface area (TPSA) is 78.9 Å². The zero-order chi connectivity index (χ0) is 47.2. The van der Waals surface area contributed by atoms with Gasteiger partial charge in [-0.3, -0.25) is 14.4 Å². The summed E-state index contributed by atoms with van der Waals surface area (Å²) < 4.78 is 16.8. The Morgan fingerprint density at radius 3 is 0.985 bits per heavy atom. The first kappa shape index (κ1) is 61.3. The second kappa shape index (κ2) is 52.9. The molecule has 0 saturated carbocycles. The summed E-state index contributed by atoms with van der Waals surface area (Å²) >= 11 is 0. The highest BCUT2D eigenvalue weighted by molar-refractivity contribution is 5.71. The van der Waals surface area contributed by atoms with Gasteiger partial charge in [0.25, 0.3) is 0 Å². The van der Waals surface area contributed by atoms with E-state index in [0.29, 0.717) is 19.3 Å². The third-order valence-electron chi connectivity index (χ3n) is 11.1. The van der Waals surface area contributed by atoms with E-state index in [9.17, 15) is 14.4 Å². The summed E-state index contributed by atoms with van der Waals surface area (Å²) in [6, 6.07) is 0. The van der Waals surface area contributed by atoms with Gasteiger partial charge in [0.1, 0.15) is 13.2 Å². The molecule has 1 atom stereocenters. The molecule has 0 rings (SSSR count). The van der Waals surface area contributed by atoms with Crippen molar-refractivity contribution in [2.24, 2.45) is 0 Å². The van der Waals surface area contributed by atoms with Crippen LogP contribution in [0.3, 0.4) is 0 Å². The molecule has 1 unspecified atom stereocenters. The normalized spacial score (nSPS) is 12.8. The molecule has 65 heavy (non-hydrogen) atoms. The van der Waals surface area contributed by atoms with E-state index in [0.717, 1.165) is 128 Å². The molecule has 6 heteroatoms. The van der Waals surface area contributed by atoms with Gasteiger partial charge in [0.05, 0.1) is 0 Å². The minimum atomic E-state index is -0.804. The fourth-order valence-corrected chi connectivity index (χ4v) is 7.09. The summed E-state index contributed by atoms with van der Waals surface area (Å²) in [6.07, 6.45) is 69.7. The van der Waals surface area contributed by atoms with Gasteiger partial charge in [-0.2, -0.15) is 0 Å². The van der Waals surface area contributed by atoms with Crippen LogP contribution in [0.4, 0.5) is 0 Å². The summed E-state index contributed by atoms with van der Waals surface area (Å²) in [6.45, 7) is 6.35. The van der Waals surface area contributed by atoms with E-state index in [1.54, 1.807) is 0 Å². The Morgan fingerprint density at radius 1 is 0.323 bits per heavy atom. The highest BCUT2D eigenvalue weighted by Crippen LogP contribution is 2.14. The lowest BCUT2D eigenvalue weighted by Gasteiger charge is -2.18. The lowest BCUT2D eigenvalue weighted by atomic mass is 10.1. The first-order valence-electron chi connectivity index (χ1n) is 26.7. The predicted octanol–water partition coefficient (Wildman–Crippen LogP) is 17.8. The van der Waals surface area contributed by atoms with Gasteiger partial charge in [-0.15, -0.1) is 0 Å². The van der Waals surface area contributed by atoms with Gasteiger partial charge >= 0.3 is 17.9 Å². The molecule has 0 aromatic rings. The van der Waals surface area contributed by atoms with Crippen LogP contribution >= 0.6 is 0 Å². The molecule has 0 N–H and O–H groups in total. The van der Waals surface area contributed by atoms with Gasteiger partial charge in [0.15, 0.2) is 6.10 Å². The Kier molecular flexibility index (Phi) is 50.0. The fourth-order valence-electron chi connectivity index (χ4n) is 7.09. The van der Waals surface area contributed by atoms with E-state index in [1.165, 1.54) is 70.6 Å². The minimum Gasteiger partial charge on any atom is -0.462 e.